The number of nitrogens with one attached hydrogen (secondary N) is 1. The first kappa shape index (κ1) is 10.2. The molecule has 2 rings (SSSR count). The largest absolute Gasteiger partial charge is 0.378 e. The van der Waals surface area contributed by atoms with E-state index in [0.29, 0.717) is 6.04 Å². The summed E-state index contributed by atoms with van der Waals surface area (Å²) in [7, 11) is 0. The molecule has 0 amide bonds. The van der Waals surface area contributed by atoms with E-state index in [1.54, 1.807) is 11.3 Å². The smallest absolute Gasteiger partial charge is 0.0897 e. The van der Waals surface area contributed by atoms with Crippen LogP contribution in [0.3, 0.4) is 0 Å². The van der Waals surface area contributed by atoms with Crippen molar-refractivity contribution in [3.63, 3.8) is 0 Å². The van der Waals surface area contributed by atoms with Crippen LogP contribution in [0.4, 0.5) is 5.69 Å². The SMILES string of the molecule is Cc1ncc(C(C)Nc2ccccc2)s1. The third-order valence-corrected chi connectivity index (χ3v) is 3.32. The van der Waals surface area contributed by atoms with Crippen molar-refractivity contribution in [3.8, 4) is 0 Å². The van der Waals surface area contributed by atoms with Crippen LogP contribution in [0.1, 0.15) is 22.9 Å². The molecule has 1 aromatic carbocycles. The van der Waals surface area contributed by atoms with E-state index in [9.17, 15) is 0 Å². The molecule has 0 saturated heterocycles. The van der Waals surface area contributed by atoms with Crippen LogP contribution in [0, 0.1) is 6.92 Å². The Hall–Kier alpha value is -1.35. The van der Waals surface area contributed by atoms with Crippen molar-refractivity contribution < 1.29 is 0 Å². The number of hydrogen-bond donors (Lipinski definition) is 1. The van der Waals surface area contributed by atoms with Crippen molar-refractivity contribution in [2.45, 2.75) is 19.9 Å². The van der Waals surface area contributed by atoms with Gasteiger partial charge in [-0.25, -0.2) is 4.98 Å². The molecular weight excluding hydrogens is 204 g/mol. The molecular formula is C12H14N2S. The second-order valence-corrected chi connectivity index (χ2v) is 4.78. The average molecular weight is 218 g/mol. The number of anilines is 1. The summed E-state index contributed by atoms with van der Waals surface area (Å²) in [6.07, 6.45) is 1.95. The van der Waals surface area contributed by atoms with Crippen molar-refractivity contribution in [2.75, 3.05) is 5.32 Å². The first-order valence-corrected chi connectivity index (χ1v) is 5.81. The van der Waals surface area contributed by atoms with Crippen molar-refractivity contribution in [1.29, 1.82) is 0 Å². The first-order chi connectivity index (χ1) is 7.25. The van der Waals surface area contributed by atoms with Gasteiger partial charge in [-0.2, -0.15) is 0 Å². The highest BCUT2D eigenvalue weighted by atomic mass is 32.1. The number of benzene rings is 1. The van der Waals surface area contributed by atoms with Gasteiger partial charge < -0.3 is 5.32 Å². The van der Waals surface area contributed by atoms with Gasteiger partial charge in [-0.1, -0.05) is 18.2 Å². The standard InChI is InChI=1S/C12H14N2S/c1-9(12-8-13-10(2)15-12)14-11-6-4-3-5-7-11/h3-9,14H,1-2H3. The maximum absolute atomic E-state index is 4.26. The zero-order valence-electron chi connectivity index (χ0n) is 8.90. The predicted octanol–water partition coefficient (Wildman–Crippen LogP) is 3.62. The van der Waals surface area contributed by atoms with E-state index in [0.717, 1.165) is 10.7 Å². The maximum Gasteiger partial charge on any atom is 0.0897 e. The monoisotopic (exact) mass is 218 g/mol. The predicted molar refractivity (Wildman–Crippen MR) is 65.3 cm³/mol. The highest BCUT2D eigenvalue weighted by Crippen LogP contribution is 2.23. The summed E-state index contributed by atoms with van der Waals surface area (Å²) in [4.78, 5) is 5.53. The summed E-state index contributed by atoms with van der Waals surface area (Å²) in [6, 6.07) is 10.6. The minimum absolute atomic E-state index is 0.318. The second-order valence-electron chi connectivity index (χ2n) is 3.51. The fourth-order valence-electron chi connectivity index (χ4n) is 1.43. The third-order valence-electron chi connectivity index (χ3n) is 2.22. The van der Waals surface area contributed by atoms with Gasteiger partial charge in [-0.3, -0.25) is 0 Å². The summed E-state index contributed by atoms with van der Waals surface area (Å²) in [5.74, 6) is 0. The van der Waals surface area contributed by atoms with Crippen LogP contribution in [-0.2, 0) is 0 Å². The molecule has 3 heteroatoms. The number of aromatic nitrogens is 1. The van der Waals surface area contributed by atoms with Gasteiger partial charge >= 0.3 is 0 Å². The molecule has 2 aromatic rings. The summed E-state index contributed by atoms with van der Waals surface area (Å²) in [5.41, 5.74) is 1.15. The minimum Gasteiger partial charge on any atom is -0.378 e. The van der Waals surface area contributed by atoms with Gasteiger partial charge in [-0.05, 0) is 26.0 Å². The van der Waals surface area contributed by atoms with E-state index in [-0.39, 0.29) is 0 Å². The lowest BCUT2D eigenvalue weighted by atomic mass is 10.2. The molecule has 2 nitrogen and oxygen atoms in total. The van der Waals surface area contributed by atoms with Gasteiger partial charge in [0.15, 0.2) is 0 Å². The fraction of sp³-hybridized carbons (Fsp3) is 0.250. The van der Waals surface area contributed by atoms with Crippen LogP contribution in [0.25, 0.3) is 0 Å². The van der Waals surface area contributed by atoms with Gasteiger partial charge in [0.25, 0.3) is 0 Å². The van der Waals surface area contributed by atoms with E-state index in [2.05, 4.69) is 29.4 Å². The Morgan fingerprint density at radius 2 is 2.00 bits per heavy atom. The Morgan fingerprint density at radius 1 is 1.27 bits per heavy atom. The van der Waals surface area contributed by atoms with Crippen LogP contribution < -0.4 is 5.32 Å². The average Bonchev–Trinajstić information content (AvgIpc) is 2.66. The van der Waals surface area contributed by atoms with Crippen LogP contribution in [-0.4, -0.2) is 4.98 Å². The molecule has 1 N–H and O–H groups in total. The Balaban J connectivity index is 2.07. The van der Waals surface area contributed by atoms with E-state index >= 15 is 0 Å². The van der Waals surface area contributed by atoms with Crippen LogP contribution >= 0.6 is 11.3 Å². The van der Waals surface area contributed by atoms with Gasteiger partial charge in [0.2, 0.25) is 0 Å². The number of para-hydroxylation sites is 1. The molecule has 0 spiro atoms. The highest BCUT2D eigenvalue weighted by Gasteiger charge is 2.07. The van der Waals surface area contributed by atoms with Crippen molar-refractivity contribution in [3.05, 3.63) is 46.4 Å². The summed E-state index contributed by atoms with van der Waals surface area (Å²) < 4.78 is 0. The molecule has 0 bridgehead atoms. The topological polar surface area (TPSA) is 24.9 Å². The van der Waals surface area contributed by atoms with Crippen LogP contribution in [0.15, 0.2) is 36.5 Å². The van der Waals surface area contributed by atoms with Gasteiger partial charge in [0.05, 0.1) is 11.0 Å². The summed E-state index contributed by atoms with van der Waals surface area (Å²) in [5, 5.41) is 4.56. The van der Waals surface area contributed by atoms with Gasteiger partial charge in [0.1, 0.15) is 0 Å². The maximum atomic E-state index is 4.26. The second kappa shape index (κ2) is 4.45. The molecule has 78 valence electrons. The van der Waals surface area contributed by atoms with Crippen molar-refractivity contribution in [1.82, 2.24) is 4.98 Å². The van der Waals surface area contributed by atoms with Crippen LogP contribution in [0.2, 0.25) is 0 Å². The molecule has 0 radical (unpaired) electrons. The zero-order valence-corrected chi connectivity index (χ0v) is 9.71. The lowest BCUT2D eigenvalue weighted by Crippen LogP contribution is -2.04. The molecule has 0 aliphatic rings. The molecule has 0 aliphatic carbocycles. The molecule has 1 unspecified atom stereocenters. The van der Waals surface area contributed by atoms with E-state index in [1.165, 1.54) is 4.88 Å². The molecule has 15 heavy (non-hydrogen) atoms. The van der Waals surface area contributed by atoms with Gasteiger partial charge in [-0.15, -0.1) is 11.3 Å². The number of nitrogens with zero attached hydrogens (tertiary/aromatic N) is 1. The molecule has 0 aliphatic heterocycles. The molecule has 0 fully saturated rings. The lowest BCUT2D eigenvalue weighted by molar-refractivity contribution is 0.903. The number of thiazole rings is 1. The Morgan fingerprint density at radius 3 is 2.60 bits per heavy atom. The molecule has 1 aromatic heterocycles. The Kier molecular flexibility index (Phi) is 3.02. The van der Waals surface area contributed by atoms with Gasteiger partial charge in [0, 0.05) is 16.8 Å². The number of aryl methyl sites for hydroxylation is 1. The first-order valence-electron chi connectivity index (χ1n) is 4.99. The zero-order chi connectivity index (χ0) is 10.7. The number of hydrogen-bond acceptors (Lipinski definition) is 3. The third kappa shape index (κ3) is 2.57. The van der Waals surface area contributed by atoms with Crippen molar-refractivity contribution >= 4 is 17.0 Å². The van der Waals surface area contributed by atoms with Crippen molar-refractivity contribution in [2.24, 2.45) is 0 Å². The lowest BCUT2D eigenvalue weighted by Gasteiger charge is -2.12. The quantitative estimate of drug-likeness (QED) is 0.851. The van der Waals surface area contributed by atoms with E-state index in [1.807, 2.05) is 31.3 Å². The highest BCUT2D eigenvalue weighted by molar-refractivity contribution is 7.11. The summed E-state index contributed by atoms with van der Waals surface area (Å²) in [6.45, 7) is 4.18. The van der Waals surface area contributed by atoms with E-state index < -0.39 is 0 Å². The van der Waals surface area contributed by atoms with Crippen LogP contribution in [0.5, 0.6) is 0 Å². The Labute approximate surface area is 94.0 Å². The Bertz CT molecular complexity index is 422. The summed E-state index contributed by atoms with van der Waals surface area (Å²) >= 11 is 1.74. The van der Waals surface area contributed by atoms with E-state index in [4.69, 9.17) is 0 Å². The molecule has 1 atom stereocenters. The number of rotatable bonds is 3. The fourth-order valence-corrected chi connectivity index (χ4v) is 2.22. The normalized spacial score (nSPS) is 12.4. The minimum atomic E-state index is 0.318. The molecule has 0 saturated carbocycles. The molecule has 1 heterocycles.